The van der Waals surface area contributed by atoms with Crippen LogP contribution in [0, 0.1) is 0 Å². The molecule has 0 bridgehead atoms. The Kier molecular flexibility index (Phi) is 13.0. The summed E-state index contributed by atoms with van der Waals surface area (Å²) in [7, 11) is -1.38. The number of esters is 1. The molecule has 1 unspecified atom stereocenters. The number of carbonyl (C=O) groups is 1. The smallest absolute Gasteiger partial charge is 0.459 e. The van der Waals surface area contributed by atoms with Crippen LogP contribution in [0.2, 0.25) is 0 Å². The van der Waals surface area contributed by atoms with Crippen LogP contribution in [0.3, 0.4) is 0 Å². The highest BCUT2D eigenvalue weighted by Gasteiger charge is 2.69. The SMILES string of the molecule is COc1ccc(C(Nc2ccn([C@@H]3O[C@](F)(COP(=O)(N[C@@H](C)C(=O)OC(C)C)Oc4ccccc4)[C@@H](O)[C@]34CCS4)c(=O)n2)(c2ccccc2)c2ccc(OC)cc2)cc1. The summed E-state index contributed by atoms with van der Waals surface area (Å²) in [5.74, 6) is -1.58. The minimum absolute atomic E-state index is 0.106. The largest absolute Gasteiger partial charge is 0.497 e. The Balaban J connectivity index is 1.20. The third-order valence-corrected chi connectivity index (χ3v) is 13.8. The third-order valence-electron chi connectivity index (χ3n) is 10.6. The van der Waals surface area contributed by atoms with Crippen LogP contribution in [0.4, 0.5) is 10.2 Å². The summed E-state index contributed by atoms with van der Waals surface area (Å²) in [4.78, 5) is 31.3. The van der Waals surface area contributed by atoms with Crippen LogP contribution >= 0.6 is 19.5 Å². The van der Waals surface area contributed by atoms with E-state index in [0.717, 1.165) is 21.3 Å². The number of alkyl halides is 1. The number of nitrogens with one attached hydrogen (secondary N) is 2. The number of thioether (sulfide) groups is 1. The van der Waals surface area contributed by atoms with Crippen LogP contribution in [-0.4, -0.2) is 76.1 Å². The number of aliphatic hydroxyl groups is 1. The second-order valence-corrected chi connectivity index (χ2v) is 18.1. The van der Waals surface area contributed by atoms with Crippen molar-refractivity contribution in [2.45, 2.75) is 67.8 Å². The van der Waals surface area contributed by atoms with Crippen molar-refractivity contribution >= 4 is 31.3 Å². The number of anilines is 1. The average molecular weight is 875 g/mol. The van der Waals surface area contributed by atoms with Gasteiger partial charge < -0.3 is 33.9 Å². The molecule has 4 aromatic carbocycles. The van der Waals surface area contributed by atoms with E-state index in [1.165, 1.54) is 37.0 Å². The van der Waals surface area contributed by atoms with Crippen molar-refractivity contribution in [2.75, 3.05) is 31.9 Å². The van der Waals surface area contributed by atoms with Crippen molar-refractivity contribution in [3.05, 3.63) is 149 Å². The van der Waals surface area contributed by atoms with Crippen molar-refractivity contribution in [1.82, 2.24) is 14.6 Å². The van der Waals surface area contributed by atoms with Gasteiger partial charge in [0.2, 0.25) is 0 Å². The van der Waals surface area contributed by atoms with Gasteiger partial charge in [0.25, 0.3) is 5.85 Å². The molecule has 5 aromatic rings. The molecule has 14 nitrogen and oxygen atoms in total. The van der Waals surface area contributed by atoms with Gasteiger partial charge in [0, 0.05) is 6.20 Å². The molecular weight excluding hydrogens is 827 g/mol. The number of nitrogens with zero attached hydrogens (tertiary/aromatic N) is 2. The minimum Gasteiger partial charge on any atom is -0.497 e. The van der Waals surface area contributed by atoms with Crippen molar-refractivity contribution in [3.8, 4) is 17.2 Å². The molecule has 61 heavy (non-hydrogen) atoms. The van der Waals surface area contributed by atoms with Crippen molar-refractivity contribution in [1.29, 1.82) is 0 Å². The Morgan fingerprint density at radius 2 is 1.48 bits per heavy atom. The van der Waals surface area contributed by atoms with Crippen LogP contribution in [-0.2, 0) is 28.9 Å². The first kappa shape index (κ1) is 43.9. The number of halogens is 1. The van der Waals surface area contributed by atoms with E-state index in [1.54, 1.807) is 52.3 Å². The zero-order chi connectivity index (χ0) is 43.4. The summed E-state index contributed by atoms with van der Waals surface area (Å²) >= 11 is 1.23. The summed E-state index contributed by atoms with van der Waals surface area (Å²) in [6.07, 6.45) is -1.95. The molecule has 7 rings (SSSR count). The number of para-hydroxylation sites is 1. The van der Waals surface area contributed by atoms with Gasteiger partial charge in [0.1, 0.15) is 47.4 Å². The van der Waals surface area contributed by atoms with E-state index in [9.17, 15) is 19.3 Å². The number of aliphatic hydroxyl groups excluding tert-OH is 1. The van der Waals surface area contributed by atoms with Gasteiger partial charge >= 0.3 is 19.4 Å². The van der Waals surface area contributed by atoms with E-state index in [2.05, 4.69) is 15.4 Å². The predicted molar refractivity (Wildman–Crippen MR) is 229 cm³/mol. The lowest BCUT2D eigenvalue weighted by atomic mass is 9.77. The molecular formula is C44H48FN4O10PS. The molecule has 2 fully saturated rings. The number of benzene rings is 4. The molecule has 2 aliphatic rings. The fourth-order valence-electron chi connectivity index (χ4n) is 7.45. The van der Waals surface area contributed by atoms with Crippen LogP contribution in [0.5, 0.6) is 17.2 Å². The Bertz CT molecular complexity index is 2340. The number of carbonyl (C=O) groups excluding carboxylic acids is 1. The van der Waals surface area contributed by atoms with Crippen molar-refractivity contribution in [3.63, 3.8) is 0 Å². The lowest BCUT2D eigenvalue weighted by Crippen LogP contribution is -2.54. The van der Waals surface area contributed by atoms with Gasteiger partial charge in [-0.05, 0) is 92.1 Å². The molecule has 1 spiro atoms. The van der Waals surface area contributed by atoms with Gasteiger partial charge in [0.05, 0.1) is 25.1 Å². The number of hydrogen-bond acceptors (Lipinski definition) is 13. The number of rotatable bonds is 17. The molecule has 6 atom stereocenters. The fraction of sp³-hybridized carbons (Fsp3) is 0.341. The summed E-state index contributed by atoms with van der Waals surface area (Å²) in [5.41, 5.74) is 0.551. The number of methoxy groups -OCH3 is 2. The molecule has 3 N–H and O–H groups in total. The van der Waals surface area contributed by atoms with Gasteiger partial charge in [-0.3, -0.25) is 13.9 Å². The highest BCUT2D eigenvalue weighted by molar-refractivity contribution is 8.02. The average Bonchev–Trinajstić information content (AvgIpc) is 3.49. The summed E-state index contributed by atoms with van der Waals surface area (Å²) < 4.78 is 64.6. The maximum Gasteiger partial charge on any atom is 0.459 e. The highest BCUT2D eigenvalue weighted by Crippen LogP contribution is 2.61. The number of ether oxygens (including phenoxy) is 4. The van der Waals surface area contributed by atoms with Crippen LogP contribution in [0.25, 0.3) is 0 Å². The number of aromatic nitrogens is 2. The van der Waals surface area contributed by atoms with Crippen molar-refractivity contribution in [2.24, 2.45) is 0 Å². The lowest BCUT2D eigenvalue weighted by Gasteiger charge is -2.43. The van der Waals surface area contributed by atoms with Crippen LogP contribution < -0.4 is 30.1 Å². The van der Waals surface area contributed by atoms with E-state index in [4.69, 9.17) is 28.0 Å². The second kappa shape index (κ2) is 18.0. The first-order valence-electron chi connectivity index (χ1n) is 19.6. The second-order valence-electron chi connectivity index (χ2n) is 14.9. The molecule has 0 saturated carbocycles. The third kappa shape index (κ3) is 8.92. The van der Waals surface area contributed by atoms with Crippen LogP contribution in [0.1, 0.15) is 50.1 Å². The van der Waals surface area contributed by atoms with E-state index < -0.39 is 66.6 Å². The van der Waals surface area contributed by atoms with Gasteiger partial charge in [0.15, 0.2) is 6.23 Å². The molecule has 1 aromatic heterocycles. The van der Waals surface area contributed by atoms with Gasteiger partial charge in [-0.15, -0.1) is 11.8 Å². The quantitative estimate of drug-likeness (QED) is 0.0486. The van der Waals surface area contributed by atoms with E-state index in [-0.39, 0.29) is 18.0 Å². The van der Waals surface area contributed by atoms with Gasteiger partial charge in [-0.2, -0.15) is 10.1 Å². The van der Waals surface area contributed by atoms with Gasteiger partial charge in [-0.1, -0.05) is 72.8 Å². The Labute approximate surface area is 357 Å². The van der Waals surface area contributed by atoms with Crippen molar-refractivity contribution < 1.29 is 46.9 Å². The molecule has 2 saturated heterocycles. The Morgan fingerprint density at radius 3 is 1.98 bits per heavy atom. The standard InChI is InChI=1S/C44H48FN4O10PS/c1-29(2)57-38(50)30(3)48-60(53,59-36-14-10-7-11-15-36)56-28-43(45)39(51)42(25-27-61-42)40(58-43)49-26-24-37(46-41(49)52)47-44(31-12-8-6-9-13-31,32-16-20-34(54-4)21-17-32)33-18-22-35(55-5)23-19-33/h6-24,26,29-30,39-40,51H,25,27-28H2,1-5H3,(H,48,53)(H,46,47,52)/t30-,39-,40+,42+,43+,60?/m0/s1. The van der Waals surface area contributed by atoms with E-state index >= 15 is 4.39 Å². The minimum atomic E-state index is -4.55. The molecule has 17 heteroatoms. The maximum absolute atomic E-state index is 17.1. The maximum atomic E-state index is 17.1. The molecule has 322 valence electrons. The summed E-state index contributed by atoms with van der Waals surface area (Å²) in [6, 6.07) is 33.1. The van der Waals surface area contributed by atoms with E-state index in [0.29, 0.717) is 17.3 Å². The zero-order valence-corrected chi connectivity index (χ0v) is 35.9. The molecule has 0 aliphatic carbocycles. The fourth-order valence-corrected chi connectivity index (χ4v) is 10.3. The topological polar surface area (TPSA) is 169 Å². The Morgan fingerprint density at radius 1 is 0.918 bits per heavy atom. The summed E-state index contributed by atoms with van der Waals surface area (Å²) in [6.45, 7) is 3.62. The van der Waals surface area contributed by atoms with Crippen LogP contribution in [0.15, 0.2) is 126 Å². The zero-order valence-electron chi connectivity index (χ0n) is 34.2. The monoisotopic (exact) mass is 874 g/mol. The Hall–Kier alpha value is -5.22. The normalized spacial score (nSPS) is 22.5. The first-order valence-corrected chi connectivity index (χ1v) is 22.2. The lowest BCUT2D eigenvalue weighted by molar-refractivity contribution is -0.203. The summed E-state index contributed by atoms with van der Waals surface area (Å²) in [5, 5.41) is 17.7. The molecule has 3 heterocycles. The molecule has 0 radical (unpaired) electrons. The van der Waals surface area contributed by atoms with Gasteiger partial charge in [-0.25, -0.2) is 13.8 Å². The molecule has 2 aliphatic heterocycles. The first-order chi connectivity index (χ1) is 29.2. The number of hydrogen-bond donors (Lipinski definition) is 3. The molecule has 0 amide bonds. The van der Waals surface area contributed by atoms with E-state index in [1.807, 2.05) is 78.9 Å². The highest BCUT2D eigenvalue weighted by atomic mass is 32.2. The predicted octanol–water partition coefficient (Wildman–Crippen LogP) is 7.23.